The standard InChI is InChI=1S/C4H8N4/c1-3(5)7-8-4(2)6/h5-6H,1-2H3/b5-3?,6-4?,8-7-. The van der Waals surface area contributed by atoms with E-state index in [1.54, 1.807) is 0 Å². The molecule has 0 radical (unpaired) electrons. The Morgan fingerprint density at radius 3 is 1.38 bits per heavy atom. The first-order valence-electron chi connectivity index (χ1n) is 2.15. The lowest BCUT2D eigenvalue weighted by atomic mass is 10.7. The Hall–Kier alpha value is -1.06. The molecular formula is C4H8N4. The number of hydrogen-bond acceptors (Lipinski definition) is 2. The van der Waals surface area contributed by atoms with Gasteiger partial charge in [0.25, 0.3) is 0 Å². The molecule has 0 unspecified atom stereocenters. The molecule has 0 saturated carbocycles. The number of rotatable bonds is 0. The van der Waals surface area contributed by atoms with Crippen molar-refractivity contribution in [2.45, 2.75) is 13.8 Å². The third-order valence-corrected chi connectivity index (χ3v) is 0.350. The highest BCUT2D eigenvalue weighted by molar-refractivity contribution is 5.81. The quantitative estimate of drug-likeness (QED) is 0.270. The zero-order chi connectivity index (χ0) is 6.57. The van der Waals surface area contributed by atoms with Crippen LogP contribution in [0.25, 0.3) is 0 Å². The van der Waals surface area contributed by atoms with Gasteiger partial charge in [-0.1, -0.05) is 0 Å². The van der Waals surface area contributed by atoms with E-state index in [-0.39, 0.29) is 11.7 Å². The van der Waals surface area contributed by atoms with Gasteiger partial charge in [-0.3, -0.25) is 10.8 Å². The van der Waals surface area contributed by atoms with Gasteiger partial charge in [-0.05, 0) is 13.8 Å². The zero-order valence-electron chi connectivity index (χ0n) is 4.89. The van der Waals surface area contributed by atoms with Gasteiger partial charge in [0.15, 0.2) is 0 Å². The van der Waals surface area contributed by atoms with Gasteiger partial charge in [-0.2, -0.15) is 0 Å². The van der Waals surface area contributed by atoms with Crippen LogP contribution in [0.4, 0.5) is 0 Å². The molecule has 0 heterocycles. The Kier molecular flexibility index (Phi) is 2.61. The van der Waals surface area contributed by atoms with Crippen molar-refractivity contribution in [3.63, 3.8) is 0 Å². The molecule has 0 fully saturated rings. The van der Waals surface area contributed by atoms with Crippen LogP contribution >= 0.6 is 0 Å². The second kappa shape index (κ2) is 3.01. The monoisotopic (exact) mass is 112 g/mol. The predicted octanol–water partition coefficient (Wildman–Crippen LogP) is 1.43. The van der Waals surface area contributed by atoms with Crippen molar-refractivity contribution in [3.8, 4) is 0 Å². The smallest absolute Gasteiger partial charge is 0.140 e. The number of hydrogen-bond donors (Lipinski definition) is 2. The second-order valence-electron chi connectivity index (χ2n) is 1.37. The van der Waals surface area contributed by atoms with Crippen LogP contribution in [-0.4, -0.2) is 11.7 Å². The summed E-state index contributed by atoms with van der Waals surface area (Å²) in [5.74, 6) is 0.244. The van der Waals surface area contributed by atoms with E-state index in [9.17, 15) is 0 Å². The first kappa shape index (κ1) is 6.94. The normalized spacial score (nSPS) is 9.75. The van der Waals surface area contributed by atoms with E-state index in [1.807, 2.05) is 0 Å². The van der Waals surface area contributed by atoms with Gasteiger partial charge in [-0.15, -0.1) is 10.2 Å². The fourth-order valence-corrected chi connectivity index (χ4v) is 0.150. The maximum Gasteiger partial charge on any atom is 0.140 e. The summed E-state index contributed by atoms with van der Waals surface area (Å²) < 4.78 is 0. The van der Waals surface area contributed by atoms with Gasteiger partial charge in [-0.25, -0.2) is 0 Å². The highest BCUT2D eigenvalue weighted by Crippen LogP contribution is 1.77. The average Bonchev–Trinajstić information content (AvgIpc) is 1.61. The summed E-state index contributed by atoms with van der Waals surface area (Å²) in [5, 5.41) is 20.1. The van der Waals surface area contributed by atoms with Crippen LogP contribution in [0.5, 0.6) is 0 Å². The maximum atomic E-state index is 6.73. The third kappa shape index (κ3) is 4.94. The number of nitrogens with zero attached hydrogens (tertiary/aromatic N) is 2. The average molecular weight is 112 g/mol. The zero-order valence-corrected chi connectivity index (χ0v) is 4.89. The Bertz CT molecular complexity index is 119. The molecule has 44 valence electrons. The number of amidine groups is 2. The summed E-state index contributed by atoms with van der Waals surface area (Å²) in [6.45, 7) is 3.01. The van der Waals surface area contributed by atoms with Crippen molar-refractivity contribution in [3.05, 3.63) is 0 Å². The third-order valence-electron chi connectivity index (χ3n) is 0.350. The fraction of sp³-hybridized carbons (Fsp3) is 0.500. The first-order chi connectivity index (χ1) is 3.63. The topological polar surface area (TPSA) is 72.4 Å². The molecule has 0 spiro atoms. The van der Waals surface area contributed by atoms with Gasteiger partial charge in [0.2, 0.25) is 0 Å². The number of nitrogens with one attached hydrogen (secondary N) is 2. The molecule has 4 heteroatoms. The van der Waals surface area contributed by atoms with Crippen LogP contribution in [0, 0.1) is 10.8 Å². The minimum Gasteiger partial charge on any atom is -0.285 e. The molecule has 2 N–H and O–H groups in total. The lowest BCUT2D eigenvalue weighted by Crippen LogP contribution is -1.82. The Labute approximate surface area is 47.7 Å². The molecule has 0 aliphatic heterocycles. The Morgan fingerprint density at radius 2 is 1.25 bits per heavy atom. The van der Waals surface area contributed by atoms with Crippen molar-refractivity contribution in [1.29, 1.82) is 10.8 Å². The molecule has 0 aromatic rings. The lowest BCUT2D eigenvalue weighted by Gasteiger charge is -1.80. The minimum atomic E-state index is 0.122. The van der Waals surface area contributed by atoms with Crippen molar-refractivity contribution in [2.75, 3.05) is 0 Å². The summed E-state index contributed by atoms with van der Waals surface area (Å²) in [7, 11) is 0. The van der Waals surface area contributed by atoms with Gasteiger partial charge >= 0.3 is 0 Å². The summed E-state index contributed by atoms with van der Waals surface area (Å²) in [4.78, 5) is 0. The van der Waals surface area contributed by atoms with Crippen molar-refractivity contribution >= 4 is 11.7 Å². The van der Waals surface area contributed by atoms with Crippen molar-refractivity contribution in [2.24, 2.45) is 10.2 Å². The molecule has 0 aliphatic carbocycles. The number of azo groups is 1. The second-order valence-corrected chi connectivity index (χ2v) is 1.37. The first-order valence-corrected chi connectivity index (χ1v) is 2.15. The van der Waals surface area contributed by atoms with Gasteiger partial charge < -0.3 is 0 Å². The molecule has 0 rings (SSSR count). The van der Waals surface area contributed by atoms with E-state index in [2.05, 4.69) is 10.2 Å². The van der Waals surface area contributed by atoms with Gasteiger partial charge in [0, 0.05) is 0 Å². The van der Waals surface area contributed by atoms with Crippen LogP contribution in [-0.2, 0) is 0 Å². The van der Waals surface area contributed by atoms with E-state index < -0.39 is 0 Å². The van der Waals surface area contributed by atoms with E-state index in [4.69, 9.17) is 10.8 Å². The highest BCUT2D eigenvalue weighted by atomic mass is 15.1. The van der Waals surface area contributed by atoms with Crippen LogP contribution in [0.1, 0.15) is 13.8 Å². The highest BCUT2D eigenvalue weighted by Gasteiger charge is 1.78. The molecule has 0 aromatic heterocycles. The summed E-state index contributed by atoms with van der Waals surface area (Å²) in [6, 6.07) is 0. The van der Waals surface area contributed by atoms with E-state index in [0.29, 0.717) is 0 Å². The molecule has 0 amide bonds. The molecule has 0 bridgehead atoms. The SMILES string of the molecule is CC(=N)/N=N\C(C)=N. The maximum absolute atomic E-state index is 6.73. The molecular weight excluding hydrogens is 104 g/mol. The largest absolute Gasteiger partial charge is 0.285 e. The Morgan fingerprint density at radius 1 is 1.00 bits per heavy atom. The lowest BCUT2D eigenvalue weighted by molar-refractivity contribution is 1.23. The van der Waals surface area contributed by atoms with Crippen molar-refractivity contribution in [1.82, 2.24) is 0 Å². The summed E-state index contributed by atoms with van der Waals surface area (Å²) in [5.41, 5.74) is 0. The molecule has 8 heavy (non-hydrogen) atoms. The fourth-order valence-electron chi connectivity index (χ4n) is 0.150. The molecule has 4 nitrogen and oxygen atoms in total. The molecule has 0 atom stereocenters. The van der Waals surface area contributed by atoms with E-state index >= 15 is 0 Å². The van der Waals surface area contributed by atoms with Gasteiger partial charge in [0.1, 0.15) is 11.7 Å². The van der Waals surface area contributed by atoms with Crippen molar-refractivity contribution < 1.29 is 0 Å². The molecule has 0 aliphatic rings. The molecule has 0 aromatic carbocycles. The summed E-state index contributed by atoms with van der Waals surface area (Å²) in [6.07, 6.45) is 0. The minimum absolute atomic E-state index is 0.122. The van der Waals surface area contributed by atoms with Crippen LogP contribution < -0.4 is 0 Å². The van der Waals surface area contributed by atoms with E-state index in [1.165, 1.54) is 13.8 Å². The summed E-state index contributed by atoms with van der Waals surface area (Å²) >= 11 is 0. The van der Waals surface area contributed by atoms with E-state index in [0.717, 1.165) is 0 Å². The Balaban J connectivity index is 3.67. The van der Waals surface area contributed by atoms with Gasteiger partial charge in [0.05, 0.1) is 0 Å². The van der Waals surface area contributed by atoms with Crippen LogP contribution in [0.15, 0.2) is 10.2 Å². The molecule has 0 saturated heterocycles. The van der Waals surface area contributed by atoms with Crippen LogP contribution in [0.2, 0.25) is 0 Å². The van der Waals surface area contributed by atoms with Crippen LogP contribution in [0.3, 0.4) is 0 Å². The predicted molar refractivity (Wildman–Crippen MR) is 31.7 cm³/mol.